The minimum absolute atomic E-state index is 0.0791. The van der Waals surface area contributed by atoms with Crippen LogP contribution in [0.2, 0.25) is 0 Å². The zero-order chi connectivity index (χ0) is 18.1. The average Bonchev–Trinajstić information content (AvgIpc) is 2.48. The lowest BCUT2D eigenvalue weighted by Gasteiger charge is -2.06. The normalized spacial score (nSPS) is 9.17. The van der Waals surface area contributed by atoms with Crippen molar-refractivity contribution in [3.8, 4) is 11.5 Å². The van der Waals surface area contributed by atoms with Gasteiger partial charge in [-0.2, -0.15) is 0 Å². The van der Waals surface area contributed by atoms with Crippen molar-refractivity contribution in [2.24, 2.45) is 16.5 Å². The maximum atomic E-state index is 11.0. The van der Waals surface area contributed by atoms with Crippen molar-refractivity contribution in [1.82, 2.24) is 0 Å². The van der Waals surface area contributed by atoms with Crippen LogP contribution in [0.1, 0.15) is 0 Å². The van der Waals surface area contributed by atoms with Crippen LogP contribution in [0.15, 0.2) is 53.5 Å². The van der Waals surface area contributed by atoms with Crippen molar-refractivity contribution >= 4 is 17.3 Å². The predicted octanol–water partition coefficient (Wildman–Crippen LogP) is 1.94. The molecule has 0 radical (unpaired) electrons. The van der Waals surface area contributed by atoms with Gasteiger partial charge in [-0.3, -0.25) is 10.1 Å². The summed E-state index contributed by atoms with van der Waals surface area (Å²) in [6.07, 6.45) is 0. The maximum Gasteiger partial charge on any atom is 0.298 e. The molecule has 0 amide bonds. The van der Waals surface area contributed by atoms with Gasteiger partial charge >= 0.3 is 0 Å². The third-order valence-corrected chi connectivity index (χ3v) is 2.37. The average molecular weight is 335 g/mol. The number of guanidine groups is 1. The summed E-state index contributed by atoms with van der Waals surface area (Å²) in [6, 6.07) is 13.2. The second-order valence-electron chi connectivity index (χ2n) is 4.10. The van der Waals surface area contributed by atoms with Crippen molar-refractivity contribution in [2.75, 3.05) is 0 Å². The van der Waals surface area contributed by atoms with Crippen LogP contribution in [0.25, 0.3) is 0 Å². The number of ether oxygens (including phenoxy) is 1. The van der Waals surface area contributed by atoms with E-state index in [1.54, 1.807) is 30.3 Å². The number of nitrogens with zero attached hydrogens (tertiary/aromatic N) is 3. The summed E-state index contributed by atoms with van der Waals surface area (Å²) in [6.45, 7) is 0. The molecule has 11 nitrogen and oxygen atoms in total. The number of rotatable bonds is 4. The number of hydrogen-bond acceptors (Lipinski definition) is 6. The van der Waals surface area contributed by atoms with Crippen LogP contribution in [0.3, 0.4) is 0 Å². The topological polar surface area (TPSA) is 180 Å². The third-order valence-electron chi connectivity index (χ3n) is 2.37. The van der Waals surface area contributed by atoms with E-state index in [1.165, 1.54) is 12.1 Å². The van der Waals surface area contributed by atoms with Crippen LogP contribution in [0, 0.1) is 20.2 Å². The molecule has 2 aromatic rings. The van der Waals surface area contributed by atoms with Gasteiger partial charge in [-0.15, -0.1) is 10.1 Å². The molecule has 0 aliphatic carbocycles. The summed E-state index contributed by atoms with van der Waals surface area (Å²) in [5.74, 6) is 0.665. The Morgan fingerprint density at radius 3 is 2.12 bits per heavy atom. The molecule has 0 saturated heterocycles. The first kappa shape index (κ1) is 18.2. The van der Waals surface area contributed by atoms with E-state index in [9.17, 15) is 10.1 Å². The molecule has 126 valence electrons. The number of para-hydroxylation sites is 1. The van der Waals surface area contributed by atoms with E-state index >= 15 is 0 Å². The van der Waals surface area contributed by atoms with Crippen LogP contribution < -0.4 is 16.2 Å². The standard InChI is InChI=1S/C13H12N4O3.HNO3/c14-13(15)16-11-7-6-10(8-12(11)17(18)19)20-9-4-2-1-3-5-9;2-1(3)4/h1-8H,(H4,14,15,16);(H,2,3,4). The second-order valence-corrected chi connectivity index (χ2v) is 4.10. The van der Waals surface area contributed by atoms with Gasteiger partial charge in [0.1, 0.15) is 17.2 Å². The van der Waals surface area contributed by atoms with Gasteiger partial charge in [0.15, 0.2) is 5.96 Å². The molecule has 0 saturated carbocycles. The Morgan fingerprint density at radius 1 is 1.04 bits per heavy atom. The van der Waals surface area contributed by atoms with Crippen LogP contribution in [-0.2, 0) is 0 Å². The first-order chi connectivity index (χ1) is 11.3. The number of benzene rings is 2. The molecular weight excluding hydrogens is 322 g/mol. The predicted molar refractivity (Wildman–Crippen MR) is 83.9 cm³/mol. The summed E-state index contributed by atoms with van der Waals surface area (Å²) in [5, 5.41) is 24.6. The number of nitrogens with two attached hydrogens (primary N) is 2. The molecule has 0 atom stereocenters. The first-order valence-corrected chi connectivity index (χ1v) is 6.24. The number of aliphatic imine (C=N–C) groups is 1. The largest absolute Gasteiger partial charge is 0.457 e. The Hall–Kier alpha value is -3.89. The molecule has 0 heterocycles. The number of hydrogen-bond donors (Lipinski definition) is 3. The quantitative estimate of drug-likeness (QED) is 0.328. The summed E-state index contributed by atoms with van der Waals surface area (Å²) in [7, 11) is 0. The Bertz CT molecular complexity index is 742. The molecule has 0 unspecified atom stereocenters. The van der Waals surface area contributed by atoms with E-state index in [1.807, 2.05) is 6.07 Å². The molecule has 2 rings (SSSR count). The monoisotopic (exact) mass is 335 g/mol. The van der Waals surface area contributed by atoms with E-state index in [0.717, 1.165) is 0 Å². The lowest BCUT2D eigenvalue weighted by Crippen LogP contribution is -2.22. The number of nitro benzene ring substituents is 1. The van der Waals surface area contributed by atoms with E-state index in [4.69, 9.17) is 31.5 Å². The highest BCUT2D eigenvalue weighted by molar-refractivity contribution is 5.81. The minimum Gasteiger partial charge on any atom is -0.457 e. The zero-order valence-corrected chi connectivity index (χ0v) is 12.1. The van der Waals surface area contributed by atoms with Crippen molar-refractivity contribution in [3.05, 3.63) is 68.8 Å². The van der Waals surface area contributed by atoms with E-state index in [0.29, 0.717) is 11.5 Å². The molecule has 11 heteroatoms. The van der Waals surface area contributed by atoms with Gasteiger partial charge in [-0.1, -0.05) is 18.2 Å². The minimum atomic E-state index is -1.50. The lowest BCUT2D eigenvalue weighted by molar-refractivity contribution is -0.742. The summed E-state index contributed by atoms with van der Waals surface area (Å²) < 4.78 is 5.51. The van der Waals surface area contributed by atoms with Crippen LogP contribution >= 0.6 is 0 Å². The third kappa shape index (κ3) is 6.26. The molecular formula is C13H13N5O6. The van der Waals surface area contributed by atoms with E-state index < -0.39 is 10.0 Å². The Kier molecular flexibility index (Phi) is 6.45. The fourth-order valence-electron chi connectivity index (χ4n) is 1.57. The number of nitro groups is 1. The molecule has 0 aliphatic heterocycles. The Balaban J connectivity index is 0.000000648. The van der Waals surface area contributed by atoms with Crippen LogP contribution in [-0.4, -0.2) is 21.2 Å². The first-order valence-electron chi connectivity index (χ1n) is 6.24. The summed E-state index contributed by atoms with van der Waals surface area (Å²) in [4.78, 5) is 22.5. The van der Waals surface area contributed by atoms with Crippen molar-refractivity contribution in [1.29, 1.82) is 0 Å². The molecule has 0 spiro atoms. The Morgan fingerprint density at radius 2 is 1.62 bits per heavy atom. The smallest absolute Gasteiger partial charge is 0.298 e. The highest BCUT2D eigenvalue weighted by atomic mass is 16.9. The Labute approximate surface area is 135 Å². The molecule has 0 aliphatic rings. The second kappa shape index (κ2) is 8.53. The van der Waals surface area contributed by atoms with E-state index in [2.05, 4.69) is 4.99 Å². The van der Waals surface area contributed by atoms with Gasteiger partial charge in [0, 0.05) is 0 Å². The fourth-order valence-corrected chi connectivity index (χ4v) is 1.57. The summed E-state index contributed by atoms with van der Waals surface area (Å²) >= 11 is 0. The van der Waals surface area contributed by atoms with Gasteiger partial charge in [0.2, 0.25) is 0 Å². The van der Waals surface area contributed by atoms with E-state index in [-0.39, 0.29) is 17.3 Å². The molecule has 5 N–H and O–H groups in total. The SMILES string of the molecule is NC(N)=Nc1ccc(Oc2ccccc2)cc1[N+](=O)[O-].O=[N+]([O-])O. The summed E-state index contributed by atoms with van der Waals surface area (Å²) in [5.41, 5.74) is 10.3. The van der Waals surface area contributed by atoms with Crippen LogP contribution in [0.5, 0.6) is 11.5 Å². The highest BCUT2D eigenvalue weighted by Gasteiger charge is 2.15. The molecule has 24 heavy (non-hydrogen) atoms. The van der Waals surface area contributed by atoms with Crippen molar-refractivity contribution in [3.63, 3.8) is 0 Å². The molecule has 0 fully saturated rings. The van der Waals surface area contributed by atoms with Crippen molar-refractivity contribution in [2.45, 2.75) is 0 Å². The molecule has 2 aromatic carbocycles. The molecule has 0 aromatic heterocycles. The molecule has 0 bridgehead atoms. The zero-order valence-electron chi connectivity index (χ0n) is 12.1. The van der Waals surface area contributed by atoms with Gasteiger partial charge in [0.05, 0.1) is 11.0 Å². The fraction of sp³-hybridized carbons (Fsp3) is 0. The van der Waals surface area contributed by atoms with Gasteiger partial charge in [0.25, 0.3) is 10.8 Å². The van der Waals surface area contributed by atoms with Gasteiger partial charge in [-0.25, -0.2) is 4.99 Å². The van der Waals surface area contributed by atoms with Gasteiger partial charge in [-0.05, 0) is 24.3 Å². The van der Waals surface area contributed by atoms with Crippen molar-refractivity contribution < 1.29 is 20.0 Å². The lowest BCUT2D eigenvalue weighted by atomic mass is 10.2. The highest BCUT2D eigenvalue weighted by Crippen LogP contribution is 2.33. The maximum absolute atomic E-state index is 11.0. The van der Waals surface area contributed by atoms with Gasteiger partial charge < -0.3 is 21.4 Å². The van der Waals surface area contributed by atoms with Crippen LogP contribution in [0.4, 0.5) is 11.4 Å².